The summed E-state index contributed by atoms with van der Waals surface area (Å²) in [6, 6.07) is 21.1. The molecule has 30 heavy (non-hydrogen) atoms. The summed E-state index contributed by atoms with van der Waals surface area (Å²) in [6.07, 6.45) is 0. The van der Waals surface area contributed by atoms with Gasteiger partial charge in [0.25, 0.3) is 5.91 Å². The van der Waals surface area contributed by atoms with Gasteiger partial charge < -0.3 is 5.32 Å². The minimum absolute atomic E-state index is 0.0733. The van der Waals surface area contributed by atoms with Crippen LogP contribution in [-0.4, -0.2) is 17.6 Å². The molecule has 0 spiro atoms. The van der Waals surface area contributed by atoms with Gasteiger partial charge >= 0.3 is 0 Å². The second-order valence-electron chi connectivity index (χ2n) is 7.28. The van der Waals surface area contributed by atoms with Crippen molar-refractivity contribution in [2.24, 2.45) is 0 Å². The molecule has 3 aromatic rings. The summed E-state index contributed by atoms with van der Waals surface area (Å²) in [5.41, 5.74) is 5.65. The molecule has 1 N–H and O–H groups in total. The number of halogens is 1. The highest BCUT2D eigenvalue weighted by Crippen LogP contribution is 2.42. The lowest BCUT2D eigenvalue weighted by Crippen LogP contribution is -2.27. The van der Waals surface area contributed by atoms with E-state index in [0.29, 0.717) is 11.3 Å². The van der Waals surface area contributed by atoms with E-state index in [1.54, 1.807) is 23.9 Å². The average molecular weight is 481 g/mol. The van der Waals surface area contributed by atoms with Crippen LogP contribution in [0.5, 0.6) is 0 Å². The lowest BCUT2D eigenvalue weighted by molar-refractivity contribution is -0.115. The molecule has 1 fully saturated rings. The molecule has 1 aliphatic rings. The van der Waals surface area contributed by atoms with Crippen LogP contribution in [0, 0.1) is 13.8 Å². The molecule has 0 aromatic heterocycles. The molecule has 0 aliphatic carbocycles. The van der Waals surface area contributed by atoms with E-state index >= 15 is 0 Å². The molecule has 0 saturated carbocycles. The van der Waals surface area contributed by atoms with Gasteiger partial charge in [-0.05, 0) is 79.1 Å². The van der Waals surface area contributed by atoms with Gasteiger partial charge in [0.2, 0.25) is 5.91 Å². The third kappa shape index (κ3) is 4.30. The number of benzene rings is 3. The zero-order valence-electron chi connectivity index (χ0n) is 16.7. The van der Waals surface area contributed by atoms with E-state index in [4.69, 9.17) is 0 Å². The number of carbonyl (C=O) groups is 2. The summed E-state index contributed by atoms with van der Waals surface area (Å²) >= 11 is 4.99. The van der Waals surface area contributed by atoms with Crippen LogP contribution in [0.4, 0.5) is 11.4 Å². The summed E-state index contributed by atoms with van der Waals surface area (Å²) in [4.78, 5) is 26.9. The van der Waals surface area contributed by atoms with Gasteiger partial charge in [0.05, 0.1) is 5.75 Å². The highest BCUT2D eigenvalue weighted by Gasteiger charge is 2.34. The minimum Gasteiger partial charge on any atom is -0.322 e. The normalized spacial score (nSPS) is 16.0. The number of anilines is 2. The van der Waals surface area contributed by atoms with Crippen molar-refractivity contribution in [1.82, 2.24) is 0 Å². The molecule has 3 aromatic carbocycles. The van der Waals surface area contributed by atoms with Crippen LogP contribution in [0.1, 0.15) is 32.4 Å². The lowest BCUT2D eigenvalue weighted by Gasteiger charge is -2.25. The topological polar surface area (TPSA) is 49.4 Å². The van der Waals surface area contributed by atoms with E-state index < -0.39 is 0 Å². The second kappa shape index (κ2) is 8.66. The van der Waals surface area contributed by atoms with Gasteiger partial charge in [0, 0.05) is 21.4 Å². The van der Waals surface area contributed by atoms with Crippen molar-refractivity contribution in [2.45, 2.75) is 19.2 Å². The van der Waals surface area contributed by atoms with Gasteiger partial charge in [0.15, 0.2) is 0 Å². The first-order valence-corrected chi connectivity index (χ1v) is 11.4. The van der Waals surface area contributed by atoms with Gasteiger partial charge in [-0.15, -0.1) is 11.8 Å². The molecule has 152 valence electrons. The lowest BCUT2D eigenvalue weighted by atomic mass is 10.1. The minimum atomic E-state index is -0.155. The van der Waals surface area contributed by atoms with E-state index in [0.717, 1.165) is 21.4 Å². The average Bonchev–Trinajstić information content (AvgIpc) is 3.12. The number of nitrogens with one attached hydrogen (secondary N) is 1. The number of aryl methyl sites for hydroxylation is 2. The van der Waals surface area contributed by atoms with E-state index in [1.807, 2.05) is 47.4 Å². The molecule has 1 atom stereocenters. The van der Waals surface area contributed by atoms with Crippen molar-refractivity contribution in [3.63, 3.8) is 0 Å². The fourth-order valence-corrected chi connectivity index (χ4v) is 4.80. The van der Waals surface area contributed by atoms with Crippen LogP contribution in [-0.2, 0) is 4.79 Å². The Morgan fingerprint density at radius 3 is 2.37 bits per heavy atom. The summed E-state index contributed by atoms with van der Waals surface area (Å²) in [7, 11) is 0. The van der Waals surface area contributed by atoms with Gasteiger partial charge in [-0.3, -0.25) is 14.5 Å². The molecule has 4 rings (SSSR count). The molecule has 6 heteroatoms. The first-order chi connectivity index (χ1) is 14.4. The summed E-state index contributed by atoms with van der Waals surface area (Å²) in [5, 5.41) is 2.85. The van der Waals surface area contributed by atoms with Gasteiger partial charge in [-0.1, -0.05) is 34.1 Å². The van der Waals surface area contributed by atoms with E-state index in [9.17, 15) is 9.59 Å². The van der Waals surface area contributed by atoms with Crippen molar-refractivity contribution in [1.29, 1.82) is 0 Å². The SMILES string of the molecule is Cc1ccc(N2C(=O)CS[C@H]2c2ccc(NC(=O)c3ccc(Br)cc3)cc2)cc1C. The molecule has 4 nitrogen and oxygen atoms in total. The highest BCUT2D eigenvalue weighted by molar-refractivity contribution is 9.10. The molecular weight excluding hydrogens is 460 g/mol. The molecule has 0 unspecified atom stereocenters. The van der Waals surface area contributed by atoms with Crippen LogP contribution >= 0.6 is 27.7 Å². The van der Waals surface area contributed by atoms with E-state index in [1.165, 1.54) is 11.1 Å². The molecule has 2 amide bonds. The summed E-state index contributed by atoms with van der Waals surface area (Å²) < 4.78 is 0.931. The predicted molar refractivity (Wildman–Crippen MR) is 127 cm³/mol. The van der Waals surface area contributed by atoms with Crippen LogP contribution in [0.2, 0.25) is 0 Å². The Kier molecular flexibility index (Phi) is 5.97. The quantitative estimate of drug-likeness (QED) is 0.490. The Bertz CT molecular complexity index is 1100. The number of amides is 2. The van der Waals surface area contributed by atoms with Crippen LogP contribution in [0.3, 0.4) is 0 Å². The Labute approximate surface area is 188 Å². The maximum atomic E-state index is 12.6. The maximum Gasteiger partial charge on any atom is 0.255 e. The number of hydrogen-bond donors (Lipinski definition) is 1. The number of thioether (sulfide) groups is 1. The van der Waals surface area contributed by atoms with Crippen molar-refractivity contribution in [2.75, 3.05) is 16.0 Å². The Balaban J connectivity index is 1.52. The number of nitrogens with zero attached hydrogens (tertiary/aromatic N) is 1. The molecule has 1 aliphatic heterocycles. The molecule has 0 bridgehead atoms. The summed E-state index contributed by atoms with van der Waals surface area (Å²) in [5.74, 6) is 0.415. The second-order valence-corrected chi connectivity index (χ2v) is 9.26. The van der Waals surface area contributed by atoms with Crippen molar-refractivity contribution in [3.05, 3.63) is 93.5 Å². The zero-order valence-corrected chi connectivity index (χ0v) is 19.1. The maximum absolute atomic E-state index is 12.6. The molecule has 1 saturated heterocycles. The van der Waals surface area contributed by atoms with Crippen LogP contribution in [0.25, 0.3) is 0 Å². The fourth-order valence-electron chi connectivity index (χ4n) is 3.36. The first kappa shape index (κ1) is 20.7. The Morgan fingerprint density at radius 1 is 1.00 bits per heavy atom. The van der Waals surface area contributed by atoms with Crippen LogP contribution < -0.4 is 10.2 Å². The van der Waals surface area contributed by atoms with E-state index in [2.05, 4.69) is 47.2 Å². The Morgan fingerprint density at radius 2 is 1.70 bits per heavy atom. The highest BCUT2D eigenvalue weighted by atomic mass is 79.9. The van der Waals surface area contributed by atoms with Crippen molar-refractivity contribution >= 4 is 50.9 Å². The third-order valence-electron chi connectivity index (χ3n) is 5.20. The van der Waals surface area contributed by atoms with Gasteiger partial charge in [-0.2, -0.15) is 0 Å². The van der Waals surface area contributed by atoms with Crippen molar-refractivity contribution in [3.8, 4) is 0 Å². The first-order valence-electron chi connectivity index (χ1n) is 9.60. The van der Waals surface area contributed by atoms with E-state index in [-0.39, 0.29) is 17.2 Å². The number of rotatable bonds is 4. The van der Waals surface area contributed by atoms with Crippen molar-refractivity contribution < 1.29 is 9.59 Å². The van der Waals surface area contributed by atoms with Crippen LogP contribution in [0.15, 0.2) is 71.2 Å². The zero-order chi connectivity index (χ0) is 21.3. The fraction of sp³-hybridized carbons (Fsp3) is 0.167. The third-order valence-corrected chi connectivity index (χ3v) is 6.94. The largest absolute Gasteiger partial charge is 0.322 e. The smallest absolute Gasteiger partial charge is 0.255 e. The monoisotopic (exact) mass is 480 g/mol. The summed E-state index contributed by atoms with van der Waals surface area (Å²) in [6.45, 7) is 4.13. The standard InChI is InChI=1S/C24H21BrN2O2S/c1-15-3-12-21(13-16(15)2)27-22(28)14-30-24(27)18-6-10-20(11-7-18)26-23(29)17-4-8-19(25)9-5-17/h3-13,24H,14H2,1-2H3,(H,26,29)/t24-/m0/s1. The molecule has 0 radical (unpaired) electrons. The number of carbonyl (C=O) groups excluding carboxylic acids is 2. The molecule has 1 heterocycles. The number of hydrogen-bond acceptors (Lipinski definition) is 3. The Hall–Kier alpha value is -2.57. The van der Waals surface area contributed by atoms with Gasteiger partial charge in [0.1, 0.15) is 5.37 Å². The molecular formula is C24H21BrN2O2S. The van der Waals surface area contributed by atoms with Gasteiger partial charge in [-0.25, -0.2) is 0 Å². The predicted octanol–water partition coefficient (Wildman–Crippen LogP) is 6.10.